The van der Waals surface area contributed by atoms with Crippen LogP contribution in [0, 0.1) is 5.92 Å². The molecular weight excluding hydrogens is 224 g/mol. The van der Waals surface area contributed by atoms with Crippen LogP contribution in [0.3, 0.4) is 0 Å². The van der Waals surface area contributed by atoms with Gasteiger partial charge in [0.2, 0.25) is 0 Å². The summed E-state index contributed by atoms with van der Waals surface area (Å²) in [6, 6.07) is 10.4. The number of benzene rings is 1. The van der Waals surface area contributed by atoms with Gasteiger partial charge in [0.05, 0.1) is 12.7 Å². The van der Waals surface area contributed by atoms with Crippen molar-refractivity contribution in [2.45, 2.75) is 51.9 Å². The average molecular weight is 248 g/mol. The van der Waals surface area contributed by atoms with Crippen molar-refractivity contribution in [1.29, 1.82) is 0 Å². The maximum absolute atomic E-state index is 6.11. The molecule has 2 rings (SSSR count). The van der Waals surface area contributed by atoms with E-state index in [0.29, 0.717) is 12.0 Å². The third-order valence-electron chi connectivity index (χ3n) is 3.69. The topological polar surface area (TPSA) is 18.5 Å². The van der Waals surface area contributed by atoms with E-state index in [-0.39, 0.29) is 6.29 Å². The maximum Gasteiger partial charge on any atom is 0.161 e. The van der Waals surface area contributed by atoms with Gasteiger partial charge < -0.3 is 9.47 Å². The SMILES string of the molecule is CCCC1OC(Cc2ccccc2)OCC1CC. The zero-order valence-electron chi connectivity index (χ0n) is 11.5. The molecule has 0 radical (unpaired) electrons. The Labute approximate surface area is 110 Å². The summed E-state index contributed by atoms with van der Waals surface area (Å²) in [5.41, 5.74) is 1.28. The third-order valence-corrected chi connectivity index (χ3v) is 3.69. The highest BCUT2D eigenvalue weighted by atomic mass is 16.7. The smallest absolute Gasteiger partial charge is 0.161 e. The summed E-state index contributed by atoms with van der Waals surface area (Å²) in [5.74, 6) is 0.567. The van der Waals surface area contributed by atoms with Crippen molar-refractivity contribution in [2.75, 3.05) is 6.61 Å². The summed E-state index contributed by atoms with van der Waals surface area (Å²) < 4.78 is 12.0. The van der Waals surface area contributed by atoms with Gasteiger partial charge in [-0.15, -0.1) is 0 Å². The summed E-state index contributed by atoms with van der Waals surface area (Å²) >= 11 is 0. The highest BCUT2D eigenvalue weighted by Gasteiger charge is 2.30. The van der Waals surface area contributed by atoms with E-state index in [1.165, 1.54) is 12.0 Å². The fourth-order valence-electron chi connectivity index (χ4n) is 2.57. The molecule has 1 aliphatic rings. The molecule has 1 heterocycles. The first-order valence-corrected chi connectivity index (χ1v) is 7.14. The van der Waals surface area contributed by atoms with Crippen LogP contribution in [0.2, 0.25) is 0 Å². The van der Waals surface area contributed by atoms with Crippen molar-refractivity contribution in [3.8, 4) is 0 Å². The van der Waals surface area contributed by atoms with Gasteiger partial charge in [-0.1, -0.05) is 50.6 Å². The van der Waals surface area contributed by atoms with Gasteiger partial charge in [0.1, 0.15) is 0 Å². The van der Waals surface area contributed by atoms with Crippen molar-refractivity contribution in [2.24, 2.45) is 5.92 Å². The molecule has 1 aliphatic heterocycles. The van der Waals surface area contributed by atoms with Crippen molar-refractivity contribution >= 4 is 0 Å². The first-order chi connectivity index (χ1) is 8.83. The Hall–Kier alpha value is -0.860. The molecule has 3 atom stereocenters. The van der Waals surface area contributed by atoms with E-state index >= 15 is 0 Å². The van der Waals surface area contributed by atoms with Crippen LogP contribution in [0.5, 0.6) is 0 Å². The zero-order valence-corrected chi connectivity index (χ0v) is 11.5. The molecule has 3 unspecified atom stereocenters. The molecule has 0 bridgehead atoms. The normalized spacial score (nSPS) is 28.2. The van der Waals surface area contributed by atoms with Crippen LogP contribution < -0.4 is 0 Å². The highest BCUT2D eigenvalue weighted by Crippen LogP contribution is 2.26. The minimum atomic E-state index is -0.0632. The van der Waals surface area contributed by atoms with E-state index in [1.807, 2.05) is 6.07 Å². The second kappa shape index (κ2) is 6.91. The van der Waals surface area contributed by atoms with E-state index in [9.17, 15) is 0 Å². The van der Waals surface area contributed by atoms with Crippen molar-refractivity contribution in [1.82, 2.24) is 0 Å². The molecule has 0 saturated carbocycles. The third kappa shape index (κ3) is 3.56. The van der Waals surface area contributed by atoms with Crippen LogP contribution in [0.15, 0.2) is 30.3 Å². The lowest BCUT2D eigenvalue weighted by molar-refractivity contribution is -0.237. The molecule has 1 saturated heterocycles. The lowest BCUT2D eigenvalue weighted by Crippen LogP contribution is -2.40. The van der Waals surface area contributed by atoms with Gasteiger partial charge in [0.25, 0.3) is 0 Å². The van der Waals surface area contributed by atoms with Crippen molar-refractivity contribution in [3.05, 3.63) is 35.9 Å². The van der Waals surface area contributed by atoms with Crippen molar-refractivity contribution in [3.63, 3.8) is 0 Å². The van der Waals surface area contributed by atoms with Crippen LogP contribution in [-0.4, -0.2) is 19.0 Å². The Morgan fingerprint density at radius 3 is 2.61 bits per heavy atom. The first-order valence-electron chi connectivity index (χ1n) is 7.14. The van der Waals surface area contributed by atoms with Crippen LogP contribution in [0.25, 0.3) is 0 Å². The number of rotatable bonds is 5. The molecular formula is C16H24O2. The molecule has 0 aromatic heterocycles. The van der Waals surface area contributed by atoms with Crippen molar-refractivity contribution < 1.29 is 9.47 Å². The molecule has 1 aromatic carbocycles. The standard InChI is InChI=1S/C16H24O2/c1-3-8-15-14(4-2)12-17-16(18-15)11-13-9-6-5-7-10-13/h5-7,9-10,14-16H,3-4,8,11-12H2,1-2H3. The largest absolute Gasteiger partial charge is 0.352 e. The van der Waals surface area contributed by atoms with Gasteiger partial charge in [-0.2, -0.15) is 0 Å². The minimum Gasteiger partial charge on any atom is -0.352 e. The molecule has 0 aliphatic carbocycles. The summed E-state index contributed by atoms with van der Waals surface area (Å²) in [5, 5.41) is 0. The Bertz CT molecular complexity index is 336. The van der Waals surface area contributed by atoms with Gasteiger partial charge in [0.15, 0.2) is 6.29 Å². The predicted octanol–water partition coefficient (Wildman–Crippen LogP) is 3.80. The van der Waals surface area contributed by atoms with Crippen LogP contribution in [0.1, 0.15) is 38.7 Å². The Morgan fingerprint density at radius 1 is 1.17 bits per heavy atom. The summed E-state index contributed by atoms with van der Waals surface area (Å²) in [6.45, 7) is 5.29. The zero-order chi connectivity index (χ0) is 12.8. The van der Waals surface area contributed by atoms with E-state index < -0.39 is 0 Å². The fraction of sp³-hybridized carbons (Fsp3) is 0.625. The van der Waals surface area contributed by atoms with Gasteiger partial charge in [-0.25, -0.2) is 0 Å². The first kappa shape index (κ1) is 13.6. The molecule has 0 amide bonds. The molecule has 100 valence electrons. The van der Waals surface area contributed by atoms with E-state index in [4.69, 9.17) is 9.47 Å². The fourth-order valence-corrected chi connectivity index (χ4v) is 2.57. The summed E-state index contributed by atoms with van der Waals surface area (Å²) in [4.78, 5) is 0. The average Bonchev–Trinajstić information content (AvgIpc) is 2.41. The quantitative estimate of drug-likeness (QED) is 0.789. The second-order valence-corrected chi connectivity index (χ2v) is 5.08. The highest BCUT2D eigenvalue weighted by molar-refractivity contribution is 5.15. The van der Waals surface area contributed by atoms with Gasteiger partial charge in [-0.3, -0.25) is 0 Å². The van der Waals surface area contributed by atoms with Crippen LogP contribution in [0.4, 0.5) is 0 Å². The van der Waals surface area contributed by atoms with E-state index in [2.05, 4.69) is 38.1 Å². The molecule has 1 aromatic rings. The molecule has 0 N–H and O–H groups in total. The molecule has 1 fully saturated rings. The second-order valence-electron chi connectivity index (χ2n) is 5.08. The number of ether oxygens (including phenoxy) is 2. The lowest BCUT2D eigenvalue weighted by Gasteiger charge is -2.36. The lowest BCUT2D eigenvalue weighted by atomic mass is 9.95. The Morgan fingerprint density at radius 2 is 1.94 bits per heavy atom. The van der Waals surface area contributed by atoms with Gasteiger partial charge >= 0.3 is 0 Å². The van der Waals surface area contributed by atoms with Crippen LogP contribution in [-0.2, 0) is 15.9 Å². The molecule has 2 heteroatoms. The minimum absolute atomic E-state index is 0.0632. The molecule has 0 spiro atoms. The van der Waals surface area contributed by atoms with E-state index in [1.54, 1.807) is 0 Å². The maximum atomic E-state index is 6.11. The Balaban J connectivity index is 1.91. The van der Waals surface area contributed by atoms with E-state index in [0.717, 1.165) is 25.9 Å². The van der Waals surface area contributed by atoms with Gasteiger partial charge in [-0.05, 0) is 18.4 Å². The number of hydrogen-bond donors (Lipinski definition) is 0. The monoisotopic (exact) mass is 248 g/mol. The molecule has 18 heavy (non-hydrogen) atoms. The predicted molar refractivity (Wildman–Crippen MR) is 73.4 cm³/mol. The summed E-state index contributed by atoms with van der Waals surface area (Å²) in [6.07, 6.45) is 4.64. The van der Waals surface area contributed by atoms with Crippen LogP contribution >= 0.6 is 0 Å². The number of hydrogen-bond acceptors (Lipinski definition) is 2. The Kier molecular flexibility index (Phi) is 5.21. The van der Waals surface area contributed by atoms with Gasteiger partial charge in [0, 0.05) is 12.3 Å². The summed E-state index contributed by atoms with van der Waals surface area (Å²) in [7, 11) is 0. The molecule has 2 nitrogen and oxygen atoms in total.